The summed E-state index contributed by atoms with van der Waals surface area (Å²) in [5, 5.41) is 5.72. The number of rotatable bonds is 9. The van der Waals surface area contributed by atoms with Crippen LogP contribution in [0.2, 0.25) is 0 Å². The maximum Gasteiger partial charge on any atom is 0.343 e. The van der Waals surface area contributed by atoms with E-state index in [4.69, 9.17) is 10.5 Å². The lowest BCUT2D eigenvalue weighted by atomic mass is 10.0. The first kappa shape index (κ1) is 26.6. The fourth-order valence-electron chi connectivity index (χ4n) is 3.48. The molecular weight excluding hydrogens is 456 g/mol. The van der Waals surface area contributed by atoms with E-state index in [-0.39, 0.29) is 12.3 Å². The Balaban J connectivity index is 1.68. The minimum atomic E-state index is -0.835. The summed E-state index contributed by atoms with van der Waals surface area (Å²) in [4.78, 5) is 42.1. The Morgan fingerprint density at radius 1 is 0.861 bits per heavy atom. The van der Waals surface area contributed by atoms with Crippen LogP contribution in [0.1, 0.15) is 42.3 Å². The normalized spacial score (nSPS) is 12.8. The lowest BCUT2D eigenvalue weighted by Crippen LogP contribution is -2.56. The molecule has 0 spiro atoms. The summed E-state index contributed by atoms with van der Waals surface area (Å²) in [5.41, 5.74) is 7.76. The first-order chi connectivity index (χ1) is 17.1. The van der Waals surface area contributed by atoms with E-state index in [1.54, 1.807) is 73.1 Å². The van der Waals surface area contributed by atoms with E-state index in [1.807, 2.05) is 26.8 Å². The molecule has 4 N–H and O–H groups in total. The molecule has 0 radical (unpaired) electrons. The summed E-state index contributed by atoms with van der Waals surface area (Å²) in [6.45, 7) is 5.61. The number of amides is 2. The van der Waals surface area contributed by atoms with Crippen LogP contribution >= 0.6 is 0 Å². The molecule has 8 heteroatoms. The van der Waals surface area contributed by atoms with Gasteiger partial charge in [-0.3, -0.25) is 14.6 Å². The molecule has 0 aliphatic rings. The van der Waals surface area contributed by atoms with Gasteiger partial charge in [0.2, 0.25) is 11.8 Å². The molecule has 8 nitrogen and oxygen atoms in total. The summed E-state index contributed by atoms with van der Waals surface area (Å²) in [6, 6.07) is 17.5. The lowest BCUT2D eigenvalue weighted by Gasteiger charge is -2.26. The Morgan fingerprint density at radius 3 is 2.08 bits per heavy atom. The van der Waals surface area contributed by atoms with Crippen molar-refractivity contribution in [2.24, 2.45) is 5.73 Å². The minimum Gasteiger partial charge on any atom is -0.423 e. The standard InChI is InChI=1S/C28H32N4O4/c1-28(2,3)32-26(34)24(31-25(33)23(29)17-20-13-15-30-16-14-20)18-19-9-11-22(12-10-19)36-27(35)21-7-5-4-6-8-21/h4-16,23-24H,17-18,29H2,1-3H3,(H,31,33)(H,32,34). The molecule has 0 bridgehead atoms. The number of pyridine rings is 1. The molecule has 188 valence electrons. The van der Waals surface area contributed by atoms with Crippen LogP contribution in [0.3, 0.4) is 0 Å². The Morgan fingerprint density at radius 2 is 1.47 bits per heavy atom. The molecule has 0 fully saturated rings. The zero-order valence-electron chi connectivity index (χ0n) is 20.7. The van der Waals surface area contributed by atoms with E-state index in [9.17, 15) is 14.4 Å². The molecule has 1 heterocycles. The van der Waals surface area contributed by atoms with Crippen molar-refractivity contribution in [2.75, 3.05) is 0 Å². The highest BCUT2D eigenvalue weighted by Gasteiger charge is 2.27. The second kappa shape index (κ2) is 12.1. The van der Waals surface area contributed by atoms with Crippen LogP contribution < -0.4 is 21.1 Å². The topological polar surface area (TPSA) is 123 Å². The van der Waals surface area contributed by atoms with Crippen LogP contribution in [-0.4, -0.2) is 40.4 Å². The Labute approximate surface area is 211 Å². The van der Waals surface area contributed by atoms with Crippen molar-refractivity contribution in [3.8, 4) is 5.75 Å². The third-order valence-electron chi connectivity index (χ3n) is 5.26. The van der Waals surface area contributed by atoms with Gasteiger partial charge in [0.1, 0.15) is 11.8 Å². The molecule has 3 aromatic rings. The number of esters is 1. The zero-order chi connectivity index (χ0) is 26.1. The van der Waals surface area contributed by atoms with Crippen molar-refractivity contribution in [1.29, 1.82) is 0 Å². The molecule has 36 heavy (non-hydrogen) atoms. The van der Waals surface area contributed by atoms with Gasteiger partial charge in [0.25, 0.3) is 0 Å². The van der Waals surface area contributed by atoms with Crippen LogP contribution in [0.5, 0.6) is 5.75 Å². The van der Waals surface area contributed by atoms with Crippen LogP contribution in [0, 0.1) is 0 Å². The van der Waals surface area contributed by atoms with E-state index in [0.717, 1.165) is 11.1 Å². The lowest BCUT2D eigenvalue weighted by molar-refractivity contribution is -0.130. The van der Waals surface area contributed by atoms with Crippen molar-refractivity contribution in [1.82, 2.24) is 15.6 Å². The summed E-state index contributed by atoms with van der Waals surface area (Å²) in [6.07, 6.45) is 3.84. The number of aromatic nitrogens is 1. The van der Waals surface area contributed by atoms with E-state index < -0.39 is 29.5 Å². The largest absolute Gasteiger partial charge is 0.423 e. The second-order valence-electron chi connectivity index (χ2n) is 9.57. The zero-order valence-corrected chi connectivity index (χ0v) is 20.7. The van der Waals surface area contributed by atoms with Gasteiger partial charge in [-0.15, -0.1) is 0 Å². The van der Waals surface area contributed by atoms with Gasteiger partial charge in [0, 0.05) is 24.4 Å². The molecule has 3 rings (SSSR count). The van der Waals surface area contributed by atoms with Crippen molar-refractivity contribution >= 4 is 17.8 Å². The molecule has 2 atom stereocenters. The van der Waals surface area contributed by atoms with Gasteiger partial charge in [-0.1, -0.05) is 30.3 Å². The van der Waals surface area contributed by atoms with Gasteiger partial charge < -0.3 is 21.1 Å². The maximum absolute atomic E-state index is 13.0. The van der Waals surface area contributed by atoms with Crippen LogP contribution in [0.25, 0.3) is 0 Å². The highest BCUT2D eigenvalue weighted by molar-refractivity contribution is 5.91. The van der Waals surface area contributed by atoms with E-state index in [1.165, 1.54) is 0 Å². The Bertz CT molecular complexity index is 1160. The number of ether oxygens (including phenoxy) is 1. The second-order valence-corrected chi connectivity index (χ2v) is 9.57. The fraction of sp³-hybridized carbons (Fsp3) is 0.286. The predicted molar refractivity (Wildman–Crippen MR) is 137 cm³/mol. The number of hydrogen-bond donors (Lipinski definition) is 3. The van der Waals surface area contributed by atoms with Crippen molar-refractivity contribution < 1.29 is 19.1 Å². The summed E-state index contributed by atoms with van der Waals surface area (Å²) in [7, 11) is 0. The monoisotopic (exact) mass is 488 g/mol. The van der Waals surface area contributed by atoms with Crippen LogP contribution in [0.4, 0.5) is 0 Å². The highest BCUT2D eigenvalue weighted by atomic mass is 16.5. The van der Waals surface area contributed by atoms with Crippen LogP contribution in [0.15, 0.2) is 79.1 Å². The van der Waals surface area contributed by atoms with Crippen molar-refractivity contribution in [3.63, 3.8) is 0 Å². The number of nitrogens with one attached hydrogen (secondary N) is 2. The summed E-state index contributed by atoms with van der Waals surface area (Å²) in [5.74, 6) is -0.811. The van der Waals surface area contributed by atoms with Gasteiger partial charge in [-0.05, 0) is 74.7 Å². The molecule has 0 aliphatic carbocycles. The van der Waals surface area contributed by atoms with E-state index in [2.05, 4.69) is 15.6 Å². The Hall–Kier alpha value is -4.04. The average Bonchev–Trinajstić information content (AvgIpc) is 2.84. The molecule has 2 amide bonds. The predicted octanol–water partition coefficient (Wildman–Crippen LogP) is 2.81. The SMILES string of the molecule is CC(C)(C)NC(=O)C(Cc1ccc(OC(=O)c2ccccc2)cc1)NC(=O)C(N)Cc1ccncc1. The number of benzene rings is 2. The smallest absolute Gasteiger partial charge is 0.343 e. The van der Waals surface area contributed by atoms with Crippen molar-refractivity contribution in [3.05, 3.63) is 95.8 Å². The average molecular weight is 489 g/mol. The number of nitrogens with two attached hydrogens (primary N) is 1. The van der Waals surface area contributed by atoms with Crippen molar-refractivity contribution in [2.45, 2.75) is 51.2 Å². The number of carbonyl (C=O) groups is 3. The molecule has 0 saturated carbocycles. The Kier molecular flexibility index (Phi) is 8.91. The van der Waals surface area contributed by atoms with Gasteiger partial charge in [0.05, 0.1) is 11.6 Å². The first-order valence-electron chi connectivity index (χ1n) is 11.7. The van der Waals surface area contributed by atoms with Gasteiger partial charge in [0.15, 0.2) is 0 Å². The molecule has 2 unspecified atom stereocenters. The number of nitrogens with zero attached hydrogens (tertiary/aromatic N) is 1. The number of carbonyl (C=O) groups excluding carboxylic acids is 3. The highest BCUT2D eigenvalue weighted by Crippen LogP contribution is 2.16. The maximum atomic E-state index is 13.0. The third kappa shape index (κ3) is 8.32. The van der Waals surface area contributed by atoms with Gasteiger partial charge in [-0.2, -0.15) is 0 Å². The van der Waals surface area contributed by atoms with E-state index >= 15 is 0 Å². The van der Waals surface area contributed by atoms with Crippen LogP contribution in [-0.2, 0) is 22.4 Å². The quantitative estimate of drug-likeness (QED) is 0.314. The minimum absolute atomic E-state index is 0.239. The number of hydrogen-bond acceptors (Lipinski definition) is 6. The molecule has 1 aromatic heterocycles. The fourth-order valence-corrected chi connectivity index (χ4v) is 3.48. The first-order valence-corrected chi connectivity index (χ1v) is 11.7. The molecular formula is C28H32N4O4. The summed E-state index contributed by atoms with van der Waals surface area (Å²) >= 11 is 0. The summed E-state index contributed by atoms with van der Waals surface area (Å²) < 4.78 is 5.42. The molecule has 0 aliphatic heterocycles. The molecule has 2 aromatic carbocycles. The third-order valence-corrected chi connectivity index (χ3v) is 5.26. The van der Waals surface area contributed by atoms with Gasteiger partial charge in [-0.25, -0.2) is 4.79 Å². The molecule has 0 saturated heterocycles. The van der Waals surface area contributed by atoms with E-state index in [0.29, 0.717) is 17.7 Å². The van der Waals surface area contributed by atoms with Gasteiger partial charge >= 0.3 is 5.97 Å².